The summed E-state index contributed by atoms with van der Waals surface area (Å²) in [5, 5.41) is 37.0. The molecule has 5 unspecified atom stereocenters. The van der Waals surface area contributed by atoms with Crippen LogP contribution in [0.2, 0.25) is 0 Å². The largest absolute Gasteiger partial charge is 0.508 e. The maximum Gasteiger partial charge on any atom is 0.255 e. The molecule has 0 saturated heterocycles. The molecular formula is C41H60N2O4. The quantitative estimate of drug-likeness (QED) is 0.166. The van der Waals surface area contributed by atoms with Gasteiger partial charge in [0.15, 0.2) is 0 Å². The number of fused-ring (bicyclic) bond motifs is 5. The van der Waals surface area contributed by atoms with Crippen LogP contribution in [-0.4, -0.2) is 27.3 Å². The third-order valence-electron chi connectivity index (χ3n) is 14.0. The van der Waals surface area contributed by atoms with Crippen molar-refractivity contribution in [3.05, 3.63) is 47.5 Å². The van der Waals surface area contributed by atoms with Crippen molar-refractivity contribution in [3.63, 3.8) is 0 Å². The van der Waals surface area contributed by atoms with Crippen LogP contribution >= 0.6 is 0 Å². The van der Waals surface area contributed by atoms with Crippen LogP contribution in [0.1, 0.15) is 128 Å². The van der Waals surface area contributed by atoms with Gasteiger partial charge >= 0.3 is 0 Å². The molecule has 6 rings (SSSR count). The smallest absolute Gasteiger partial charge is 0.255 e. The Kier molecular flexibility index (Phi) is 9.80. The predicted molar refractivity (Wildman–Crippen MR) is 190 cm³/mol. The first-order valence-electron chi connectivity index (χ1n) is 18.8. The first-order valence-corrected chi connectivity index (χ1v) is 18.8. The fourth-order valence-corrected chi connectivity index (χ4v) is 11.4. The van der Waals surface area contributed by atoms with Gasteiger partial charge in [-0.2, -0.15) is 0 Å². The number of hydrogen-bond acceptors (Lipinski definition) is 5. The van der Waals surface area contributed by atoms with Crippen LogP contribution in [0, 0.1) is 52.3 Å². The molecule has 2 aromatic rings. The lowest BCUT2D eigenvalue weighted by Gasteiger charge is -2.61. The average Bonchev–Trinajstić information content (AvgIpc) is 3.39. The molecule has 9 atom stereocenters. The molecule has 6 heteroatoms. The van der Waals surface area contributed by atoms with Gasteiger partial charge in [-0.1, -0.05) is 53.9 Å². The van der Waals surface area contributed by atoms with Crippen molar-refractivity contribution in [3.8, 4) is 17.2 Å². The van der Waals surface area contributed by atoms with Crippen LogP contribution in [-0.2, 0) is 6.54 Å². The van der Waals surface area contributed by atoms with Gasteiger partial charge in [0.1, 0.15) is 17.2 Å². The van der Waals surface area contributed by atoms with E-state index in [-0.39, 0.29) is 41.3 Å². The lowest BCUT2D eigenvalue weighted by Crippen LogP contribution is -2.55. The van der Waals surface area contributed by atoms with Gasteiger partial charge < -0.3 is 26.0 Å². The minimum absolute atomic E-state index is 0.0382. The molecule has 5 N–H and O–H groups in total. The maximum atomic E-state index is 13.5. The highest BCUT2D eigenvalue weighted by molar-refractivity contribution is 5.98. The predicted octanol–water partition coefficient (Wildman–Crippen LogP) is 9.64. The number of phenols is 3. The van der Waals surface area contributed by atoms with E-state index in [2.05, 4.69) is 45.3 Å². The van der Waals surface area contributed by atoms with Gasteiger partial charge in [0.25, 0.3) is 5.91 Å². The standard InChI is InChI=1S/C41H60N2O4/c1-25(2)7-6-8-26(3)34-13-14-35-32-12-9-28-22-30(17-19-40(28,4)36(32)18-20-41(34,35)5)43-39(47)33-23-29(10-15-38(33)46)42-24-27-21-31(44)11-16-37(27)45/h10-11,15-16,21,23,25-26,28,30,32,34-36,42,44-46H,6-9,12-14,17-20,22,24H2,1-5H3,(H,43,47)/t26?,28?,30-,32?,34+,35?,36?,40-,41+/m0/s1. The van der Waals surface area contributed by atoms with Gasteiger partial charge in [-0.15, -0.1) is 0 Å². The van der Waals surface area contributed by atoms with Gasteiger partial charge in [0, 0.05) is 23.8 Å². The van der Waals surface area contributed by atoms with Gasteiger partial charge in [0.05, 0.1) is 5.56 Å². The Bertz CT molecular complexity index is 1420. The van der Waals surface area contributed by atoms with Crippen LogP contribution in [0.25, 0.3) is 0 Å². The zero-order chi connectivity index (χ0) is 33.5. The van der Waals surface area contributed by atoms with Crippen LogP contribution in [0.4, 0.5) is 5.69 Å². The van der Waals surface area contributed by atoms with Gasteiger partial charge in [-0.3, -0.25) is 4.79 Å². The van der Waals surface area contributed by atoms with E-state index in [0.29, 0.717) is 28.0 Å². The van der Waals surface area contributed by atoms with E-state index in [1.807, 2.05) is 0 Å². The number of rotatable bonds is 10. The molecule has 0 radical (unpaired) electrons. The van der Waals surface area contributed by atoms with Gasteiger partial charge in [-0.25, -0.2) is 0 Å². The van der Waals surface area contributed by atoms with Gasteiger partial charge in [0.2, 0.25) is 0 Å². The molecule has 0 spiro atoms. The zero-order valence-electron chi connectivity index (χ0n) is 29.5. The first-order chi connectivity index (χ1) is 22.4. The monoisotopic (exact) mass is 644 g/mol. The number of anilines is 1. The molecule has 0 heterocycles. The van der Waals surface area contributed by atoms with Crippen molar-refractivity contribution in [2.24, 2.45) is 52.3 Å². The summed E-state index contributed by atoms with van der Waals surface area (Å²) in [6, 6.07) is 9.44. The molecule has 258 valence electrons. The Morgan fingerprint density at radius 2 is 1.60 bits per heavy atom. The number of amides is 1. The summed E-state index contributed by atoms with van der Waals surface area (Å²) >= 11 is 0. The Morgan fingerprint density at radius 1 is 0.851 bits per heavy atom. The normalized spacial score (nSPS) is 33.8. The Morgan fingerprint density at radius 3 is 2.38 bits per heavy atom. The number of carbonyl (C=O) groups is 1. The van der Waals surface area contributed by atoms with Crippen LogP contribution in [0.5, 0.6) is 17.2 Å². The fraction of sp³-hybridized carbons (Fsp3) is 0.683. The van der Waals surface area contributed by atoms with Crippen LogP contribution in [0.3, 0.4) is 0 Å². The third-order valence-corrected chi connectivity index (χ3v) is 14.0. The van der Waals surface area contributed by atoms with Crippen molar-refractivity contribution >= 4 is 11.6 Å². The number of nitrogens with one attached hydrogen (secondary N) is 2. The van der Waals surface area contributed by atoms with Crippen molar-refractivity contribution in [1.29, 1.82) is 0 Å². The van der Waals surface area contributed by atoms with E-state index in [1.165, 1.54) is 88.5 Å². The SMILES string of the molecule is CC(C)CCCC(C)[C@H]1CCC2C3CCC4C[C@@H](NC(=O)c5cc(NCc6cc(O)ccc6O)ccc5O)CC[C@]4(C)C3CC[C@@]21C. The lowest BCUT2D eigenvalue weighted by atomic mass is 9.44. The molecule has 6 nitrogen and oxygen atoms in total. The molecule has 2 aromatic carbocycles. The summed E-state index contributed by atoms with van der Waals surface area (Å²) in [7, 11) is 0. The molecule has 0 aliphatic heterocycles. The second kappa shape index (κ2) is 13.6. The summed E-state index contributed by atoms with van der Waals surface area (Å²) in [5.74, 6) is 5.62. The fourth-order valence-electron chi connectivity index (χ4n) is 11.4. The first kappa shape index (κ1) is 34.0. The number of carbonyl (C=O) groups excluding carboxylic acids is 1. The molecule has 47 heavy (non-hydrogen) atoms. The molecule has 0 aromatic heterocycles. The Labute approximate surface area is 283 Å². The van der Waals surface area contributed by atoms with E-state index in [9.17, 15) is 20.1 Å². The molecule has 0 bridgehead atoms. The van der Waals surface area contributed by atoms with Gasteiger partial charge in [-0.05, 0) is 146 Å². The third kappa shape index (κ3) is 6.72. The molecule has 4 saturated carbocycles. The van der Waals surface area contributed by atoms with E-state index < -0.39 is 0 Å². The minimum Gasteiger partial charge on any atom is -0.508 e. The summed E-state index contributed by atoms with van der Waals surface area (Å²) in [4.78, 5) is 13.5. The lowest BCUT2D eigenvalue weighted by molar-refractivity contribution is -0.117. The van der Waals surface area contributed by atoms with E-state index in [1.54, 1.807) is 12.1 Å². The van der Waals surface area contributed by atoms with E-state index in [0.717, 1.165) is 48.3 Å². The zero-order valence-corrected chi connectivity index (χ0v) is 29.5. The number of phenolic OH excluding ortho intramolecular Hbond substituents is 3. The van der Waals surface area contributed by atoms with Crippen LogP contribution in [0.15, 0.2) is 36.4 Å². The summed E-state index contributed by atoms with van der Waals surface area (Å²) in [5.41, 5.74) is 2.34. The Hall–Kier alpha value is -2.89. The number of benzene rings is 2. The van der Waals surface area contributed by atoms with Crippen molar-refractivity contribution in [2.45, 2.75) is 124 Å². The van der Waals surface area contributed by atoms with Crippen LogP contribution < -0.4 is 10.6 Å². The average molecular weight is 645 g/mol. The van der Waals surface area contributed by atoms with Crippen molar-refractivity contribution in [1.82, 2.24) is 5.32 Å². The minimum atomic E-state index is -0.235. The highest BCUT2D eigenvalue weighted by Gasteiger charge is 2.60. The second-order valence-electron chi connectivity index (χ2n) is 17.0. The number of aromatic hydroxyl groups is 3. The Balaban J connectivity index is 1.06. The summed E-state index contributed by atoms with van der Waals surface area (Å²) < 4.78 is 0. The van der Waals surface area contributed by atoms with Crippen molar-refractivity contribution in [2.75, 3.05) is 5.32 Å². The van der Waals surface area contributed by atoms with Crippen molar-refractivity contribution < 1.29 is 20.1 Å². The summed E-state index contributed by atoms with van der Waals surface area (Å²) in [6.07, 6.45) is 15.6. The topological polar surface area (TPSA) is 102 Å². The molecule has 1 amide bonds. The highest BCUT2D eigenvalue weighted by atomic mass is 16.3. The highest BCUT2D eigenvalue weighted by Crippen LogP contribution is 2.68. The van der Waals surface area contributed by atoms with E-state index >= 15 is 0 Å². The molecule has 4 aliphatic rings. The summed E-state index contributed by atoms with van der Waals surface area (Å²) in [6.45, 7) is 12.8. The maximum absolute atomic E-state index is 13.5. The number of hydrogen-bond donors (Lipinski definition) is 5. The molecular weight excluding hydrogens is 584 g/mol. The van der Waals surface area contributed by atoms with E-state index in [4.69, 9.17) is 0 Å². The second-order valence-corrected chi connectivity index (χ2v) is 17.0. The molecule has 4 fully saturated rings. The molecule has 4 aliphatic carbocycles.